The summed E-state index contributed by atoms with van der Waals surface area (Å²) < 4.78 is 37.8. The standard InChI is InChI=1S/C13H15ClF3NO2/c1-2-3-4-10(12(19)20)18-11-7-8(13(15,16)17)5-6-9(11)14/h5-7,10,18H,2-4H2,1H3,(H,19,20). The highest BCUT2D eigenvalue weighted by molar-refractivity contribution is 6.33. The minimum Gasteiger partial charge on any atom is -0.480 e. The summed E-state index contributed by atoms with van der Waals surface area (Å²) in [4.78, 5) is 11.1. The Morgan fingerprint density at radius 1 is 1.45 bits per heavy atom. The quantitative estimate of drug-likeness (QED) is 0.818. The fourth-order valence-electron chi connectivity index (χ4n) is 1.67. The van der Waals surface area contributed by atoms with Crippen LogP contribution in [-0.2, 0) is 11.0 Å². The number of halogens is 4. The van der Waals surface area contributed by atoms with Crippen molar-refractivity contribution in [1.29, 1.82) is 0 Å². The second-order valence-electron chi connectivity index (χ2n) is 4.37. The lowest BCUT2D eigenvalue weighted by Crippen LogP contribution is -2.29. The summed E-state index contributed by atoms with van der Waals surface area (Å²) in [5, 5.41) is 11.7. The summed E-state index contributed by atoms with van der Waals surface area (Å²) in [7, 11) is 0. The highest BCUT2D eigenvalue weighted by Gasteiger charge is 2.31. The third-order valence-electron chi connectivity index (χ3n) is 2.77. The average molecular weight is 310 g/mol. The molecule has 7 heteroatoms. The third-order valence-corrected chi connectivity index (χ3v) is 3.10. The lowest BCUT2D eigenvalue weighted by atomic mass is 10.1. The summed E-state index contributed by atoms with van der Waals surface area (Å²) >= 11 is 5.81. The number of alkyl halides is 3. The van der Waals surface area contributed by atoms with Crippen molar-refractivity contribution in [3.8, 4) is 0 Å². The van der Waals surface area contributed by atoms with Gasteiger partial charge in [0, 0.05) is 0 Å². The van der Waals surface area contributed by atoms with Gasteiger partial charge in [0.25, 0.3) is 0 Å². The molecule has 1 unspecified atom stereocenters. The molecule has 0 spiro atoms. The molecule has 0 bridgehead atoms. The zero-order chi connectivity index (χ0) is 15.3. The van der Waals surface area contributed by atoms with Gasteiger partial charge in [-0.05, 0) is 24.6 Å². The van der Waals surface area contributed by atoms with Crippen LogP contribution in [0.15, 0.2) is 18.2 Å². The monoisotopic (exact) mass is 309 g/mol. The van der Waals surface area contributed by atoms with Crippen LogP contribution in [0.4, 0.5) is 18.9 Å². The Hall–Kier alpha value is -1.43. The molecular formula is C13H15ClF3NO2. The van der Waals surface area contributed by atoms with Gasteiger partial charge in [0.1, 0.15) is 6.04 Å². The summed E-state index contributed by atoms with van der Waals surface area (Å²) in [5.41, 5.74) is -0.894. The van der Waals surface area contributed by atoms with Gasteiger partial charge in [-0.1, -0.05) is 31.4 Å². The minimum atomic E-state index is -4.50. The van der Waals surface area contributed by atoms with Gasteiger partial charge in [-0.15, -0.1) is 0 Å². The summed E-state index contributed by atoms with van der Waals surface area (Å²) in [6.45, 7) is 1.90. The number of carboxylic acid groups (broad SMARTS) is 1. The van der Waals surface area contributed by atoms with E-state index in [0.29, 0.717) is 12.8 Å². The first-order valence-corrected chi connectivity index (χ1v) is 6.49. The van der Waals surface area contributed by atoms with Gasteiger partial charge in [0.2, 0.25) is 0 Å². The molecule has 0 saturated carbocycles. The van der Waals surface area contributed by atoms with E-state index in [-0.39, 0.29) is 10.7 Å². The molecular weight excluding hydrogens is 295 g/mol. The predicted octanol–water partition coefficient (Wildman–Crippen LogP) is 4.41. The van der Waals surface area contributed by atoms with E-state index in [4.69, 9.17) is 16.7 Å². The Morgan fingerprint density at radius 3 is 2.60 bits per heavy atom. The van der Waals surface area contributed by atoms with Crippen molar-refractivity contribution in [2.45, 2.75) is 38.4 Å². The van der Waals surface area contributed by atoms with Crippen LogP contribution in [0.1, 0.15) is 31.7 Å². The predicted molar refractivity (Wildman–Crippen MR) is 71.0 cm³/mol. The maximum absolute atomic E-state index is 12.6. The van der Waals surface area contributed by atoms with Gasteiger partial charge in [0.15, 0.2) is 0 Å². The molecule has 1 atom stereocenters. The van der Waals surface area contributed by atoms with E-state index in [1.54, 1.807) is 0 Å². The number of benzene rings is 1. The maximum atomic E-state index is 12.6. The molecule has 2 N–H and O–H groups in total. The van der Waals surface area contributed by atoms with Crippen molar-refractivity contribution in [3.05, 3.63) is 28.8 Å². The largest absolute Gasteiger partial charge is 0.480 e. The summed E-state index contributed by atoms with van der Waals surface area (Å²) in [6.07, 6.45) is -2.73. The van der Waals surface area contributed by atoms with Gasteiger partial charge in [-0.2, -0.15) is 13.2 Å². The van der Waals surface area contributed by atoms with Crippen LogP contribution in [0.5, 0.6) is 0 Å². The first kappa shape index (κ1) is 16.6. The van der Waals surface area contributed by atoms with Crippen LogP contribution in [0.2, 0.25) is 5.02 Å². The van der Waals surface area contributed by atoms with Crippen molar-refractivity contribution in [2.24, 2.45) is 0 Å². The van der Waals surface area contributed by atoms with Gasteiger partial charge >= 0.3 is 12.1 Å². The normalized spacial score (nSPS) is 13.1. The Balaban J connectivity index is 2.97. The number of aliphatic carboxylic acids is 1. The fourth-order valence-corrected chi connectivity index (χ4v) is 1.84. The van der Waals surface area contributed by atoms with Crippen LogP contribution >= 0.6 is 11.6 Å². The van der Waals surface area contributed by atoms with Gasteiger partial charge in [-0.25, -0.2) is 4.79 Å². The Labute approximate surface area is 119 Å². The molecule has 0 saturated heterocycles. The number of rotatable bonds is 6. The molecule has 0 aromatic heterocycles. The van der Waals surface area contributed by atoms with Crippen molar-refractivity contribution in [1.82, 2.24) is 0 Å². The van der Waals surface area contributed by atoms with Crippen molar-refractivity contribution >= 4 is 23.3 Å². The van der Waals surface area contributed by atoms with E-state index in [2.05, 4.69) is 5.32 Å². The minimum absolute atomic E-state index is 0.0232. The van der Waals surface area contributed by atoms with Gasteiger partial charge in [0.05, 0.1) is 16.3 Å². The second kappa shape index (κ2) is 6.83. The topological polar surface area (TPSA) is 49.3 Å². The molecule has 20 heavy (non-hydrogen) atoms. The molecule has 0 aliphatic heterocycles. The highest BCUT2D eigenvalue weighted by atomic mass is 35.5. The summed E-state index contributed by atoms with van der Waals surface area (Å²) in [5.74, 6) is -1.12. The van der Waals surface area contributed by atoms with E-state index in [1.165, 1.54) is 0 Å². The smallest absolute Gasteiger partial charge is 0.416 e. The Kier molecular flexibility index (Phi) is 5.68. The lowest BCUT2D eigenvalue weighted by Gasteiger charge is -2.18. The lowest BCUT2D eigenvalue weighted by molar-refractivity contribution is -0.138. The molecule has 0 heterocycles. The molecule has 0 amide bonds. The van der Waals surface area contributed by atoms with Crippen LogP contribution < -0.4 is 5.32 Å². The maximum Gasteiger partial charge on any atom is 0.416 e. The fraction of sp³-hybridized carbons (Fsp3) is 0.462. The number of carbonyl (C=O) groups is 1. The van der Waals surface area contributed by atoms with Gasteiger partial charge in [-0.3, -0.25) is 0 Å². The number of anilines is 1. The van der Waals surface area contributed by atoms with Crippen LogP contribution in [0.3, 0.4) is 0 Å². The molecule has 0 fully saturated rings. The van der Waals surface area contributed by atoms with E-state index in [1.807, 2.05) is 6.92 Å². The van der Waals surface area contributed by atoms with E-state index >= 15 is 0 Å². The third kappa shape index (κ3) is 4.59. The number of nitrogens with one attached hydrogen (secondary N) is 1. The zero-order valence-electron chi connectivity index (χ0n) is 10.8. The molecule has 0 radical (unpaired) electrons. The number of unbranched alkanes of at least 4 members (excludes halogenated alkanes) is 1. The molecule has 3 nitrogen and oxygen atoms in total. The second-order valence-corrected chi connectivity index (χ2v) is 4.78. The Morgan fingerprint density at radius 2 is 2.10 bits per heavy atom. The average Bonchev–Trinajstić information content (AvgIpc) is 2.34. The molecule has 0 aliphatic rings. The van der Waals surface area contributed by atoms with Crippen molar-refractivity contribution in [2.75, 3.05) is 5.32 Å². The summed E-state index contributed by atoms with van der Waals surface area (Å²) in [6, 6.07) is 1.82. The van der Waals surface area contributed by atoms with E-state index in [9.17, 15) is 18.0 Å². The number of hydrogen-bond donors (Lipinski definition) is 2. The van der Waals surface area contributed by atoms with Crippen LogP contribution in [-0.4, -0.2) is 17.1 Å². The van der Waals surface area contributed by atoms with Crippen molar-refractivity contribution < 1.29 is 23.1 Å². The SMILES string of the molecule is CCCCC(Nc1cc(C(F)(F)F)ccc1Cl)C(=O)O. The first-order chi connectivity index (χ1) is 9.25. The molecule has 0 aliphatic carbocycles. The molecule has 112 valence electrons. The Bertz CT molecular complexity index is 477. The molecule has 1 aromatic rings. The van der Waals surface area contributed by atoms with Crippen molar-refractivity contribution in [3.63, 3.8) is 0 Å². The molecule has 1 aromatic carbocycles. The number of carboxylic acids is 1. The van der Waals surface area contributed by atoms with Crippen LogP contribution in [0.25, 0.3) is 0 Å². The number of hydrogen-bond acceptors (Lipinski definition) is 2. The van der Waals surface area contributed by atoms with Crippen LogP contribution in [0, 0.1) is 0 Å². The zero-order valence-corrected chi connectivity index (χ0v) is 11.6. The molecule has 1 rings (SSSR count). The van der Waals surface area contributed by atoms with E-state index in [0.717, 1.165) is 24.6 Å². The highest BCUT2D eigenvalue weighted by Crippen LogP contribution is 2.34. The first-order valence-electron chi connectivity index (χ1n) is 6.11. The van der Waals surface area contributed by atoms with E-state index < -0.39 is 23.8 Å². The van der Waals surface area contributed by atoms with Gasteiger partial charge < -0.3 is 10.4 Å².